The van der Waals surface area contributed by atoms with Crippen LogP contribution >= 0.6 is 0 Å². The van der Waals surface area contributed by atoms with Crippen LogP contribution in [0.4, 0.5) is 13.2 Å². The number of rotatable bonds is 2. The van der Waals surface area contributed by atoms with E-state index in [-0.39, 0.29) is 12.1 Å². The Balaban J connectivity index is 1.66. The van der Waals surface area contributed by atoms with Crippen LogP contribution in [0.3, 0.4) is 0 Å². The van der Waals surface area contributed by atoms with Crippen molar-refractivity contribution in [2.24, 2.45) is 4.99 Å². The van der Waals surface area contributed by atoms with Gasteiger partial charge >= 0.3 is 6.18 Å². The van der Waals surface area contributed by atoms with Crippen LogP contribution < -0.4 is 5.32 Å². The molecular formula is C14H15F3N2O. The zero-order chi connectivity index (χ0) is 14.2. The molecule has 2 atom stereocenters. The summed E-state index contributed by atoms with van der Waals surface area (Å²) in [6.45, 7) is 1.43. The Morgan fingerprint density at radius 1 is 1.20 bits per heavy atom. The van der Waals surface area contributed by atoms with Crippen LogP contribution in [0.1, 0.15) is 30.1 Å². The summed E-state index contributed by atoms with van der Waals surface area (Å²) >= 11 is 0. The molecule has 6 heteroatoms. The first kappa shape index (κ1) is 13.4. The second-order valence-corrected chi connectivity index (χ2v) is 5.05. The van der Waals surface area contributed by atoms with E-state index in [1.165, 1.54) is 12.1 Å². The van der Waals surface area contributed by atoms with Crippen molar-refractivity contribution in [3.05, 3.63) is 35.4 Å². The molecule has 0 amide bonds. The smallest absolute Gasteiger partial charge is 0.416 e. The zero-order valence-electron chi connectivity index (χ0n) is 10.8. The molecule has 0 saturated carbocycles. The predicted molar refractivity (Wildman–Crippen MR) is 68.6 cm³/mol. The van der Waals surface area contributed by atoms with Crippen LogP contribution in [0, 0.1) is 0 Å². The van der Waals surface area contributed by atoms with Crippen molar-refractivity contribution in [3.8, 4) is 0 Å². The van der Waals surface area contributed by atoms with E-state index in [1.807, 2.05) is 0 Å². The Kier molecular flexibility index (Phi) is 3.41. The van der Waals surface area contributed by atoms with Gasteiger partial charge in [-0.05, 0) is 37.1 Å². The molecule has 0 spiro atoms. The maximum absolute atomic E-state index is 12.5. The van der Waals surface area contributed by atoms with Gasteiger partial charge in [-0.25, -0.2) is 4.99 Å². The molecule has 1 saturated heterocycles. The fraction of sp³-hybridized carbons (Fsp3) is 0.500. The van der Waals surface area contributed by atoms with Gasteiger partial charge in [-0.1, -0.05) is 12.1 Å². The monoisotopic (exact) mass is 284 g/mol. The van der Waals surface area contributed by atoms with Gasteiger partial charge in [0, 0.05) is 0 Å². The van der Waals surface area contributed by atoms with Gasteiger partial charge in [-0.3, -0.25) is 0 Å². The zero-order valence-corrected chi connectivity index (χ0v) is 10.8. The Hall–Kier alpha value is -1.56. The van der Waals surface area contributed by atoms with Gasteiger partial charge in [-0.2, -0.15) is 13.2 Å². The molecule has 2 heterocycles. The largest absolute Gasteiger partial charge is 0.470 e. The lowest BCUT2D eigenvalue weighted by atomic mass is 10.1. The summed E-state index contributed by atoms with van der Waals surface area (Å²) in [6, 6.07) is 5.27. The maximum atomic E-state index is 12.5. The van der Waals surface area contributed by atoms with E-state index >= 15 is 0 Å². The normalized spacial score (nSPS) is 26.4. The molecule has 0 bridgehead atoms. The number of hydrogen-bond acceptors (Lipinski definition) is 3. The molecule has 3 nitrogen and oxygen atoms in total. The molecule has 0 aliphatic carbocycles. The lowest BCUT2D eigenvalue weighted by Crippen LogP contribution is -2.31. The fourth-order valence-corrected chi connectivity index (χ4v) is 2.54. The van der Waals surface area contributed by atoms with Gasteiger partial charge in [0.2, 0.25) is 5.90 Å². The second kappa shape index (κ2) is 5.09. The Morgan fingerprint density at radius 3 is 2.55 bits per heavy atom. The Morgan fingerprint density at radius 2 is 1.95 bits per heavy atom. The fourth-order valence-electron chi connectivity index (χ4n) is 2.54. The van der Waals surface area contributed by atoms with E-state index in [0.29, 0.717) is 12.4 Å². The summed E-state index contributed by atoms with van der Waals surface area (Å²) in [4.78, 5) is 4.36. The summed E-state index contributed by atoms with van der Waals surface area (Å²) in [6.07, 6.45) is -2.48. The third-order valence-electron chi connectivity index (χ3n) is 3.64. The van der Waals surface area contributed by atoms with Crippen LogP contribution in [0.2, 0.25) is 0 Å². The molecular weight excluding hydrogens is 269 g/mol. The standard InChI is InChI=1S/C14H15F3N2O/c15-14(16,17)10-5-3-9(4-6-10)12-8-19-13(20-12)11-2-1-7-18-11/h3-6,11-12,18H,1-2,7-8H2. The van der Waals surface area contributed by atoms with Crippen LogP contribution in [-0.4, -0.2) is 25.0 Å². The van der Waals surface area contributed by atoms with Gasteiger partial charge in [0.15, 0.2) is 0 Å². The third kappa shape index (κ3) is 2.65. The van der Waals surface area contributed by atoms with Gasteiger partial charge in [0.1, 0.15) is 6.10 Å². The quantitative estimate of drug-likeness (QED) is 0.906. The van der Waals surface area contributed by atoms with E-state index in [9.17, 15) is 13.2 Å². The van der Waals surface area contributed by atoms with Gasteiger partial charge in [0.25, 0.3) is 0 Å². The minimum absolute atomic E-state index is 0.162. The summed E-state index contributed by atoms with van der Waals surface area (Å²) in [5.41, 5.74) is 0.0904. The average Bonchev–Trinajstić information content (AvgIpc) is 3.09. The number of halogens is 3. The van der Waals surface area contributed by atoms with E-state index < -0.39 is 11.7 Å². The van der Waals surface area contributed by atoms with Gasteiger partial charge < -0.3 is 10.1 Å². The highest BCUT2D eigenvalue weighted by atomic mass is 19.4. The van der Waals surface area contributed by atoms with E-state index in [1.54, 1.807) is 0 Å². The second-order valence-electron chi connectivity index (χ2n) is 5.05. The Labute approximate surface area is 114 Å². The number of alkyl halides is 3. The van der Waals surface area contributed by atoms with Crippen LogP contribution in [0.15, 0.2) is 29.3 Å². The number of nitrogens with zero attached hydrogens (tertiary/aromatic N) is 1. The van der Waals surface area contributed by atoms with E-state index in [4.69, 9.17) is 4.74 Å². The van der Waals surface area contributed by atoms with Crippen molar-refractivity contribution in [3.63, 3.8) is 0 Å². The predicted octanol–water partition coefficient (Wildman–Crippen LogP) is 2.93. The van der Waals surface area contributed by atoms with Crippen LogP contribution in [0.25, 0.3) is 0 Å². The molecule has 0 aromatic heterocycles. The summed E-state index contributed by atoms with van der Waals surface area (Å²) < 4.78 is 43.3. The maximum Gasteiger partial charge on any atom is 0.416 e. The molecule has 1 aromatic carbocycles. The SMILES string of the molecule is FC(F)(F)c1ccc(C2CN=C(C3CCCN3)O2)cc1. The number of aliphatic imine (C=N–C) groups is 1. The summed E-state index contributed by atoms with van der Waals surface area (Å²) in [7, 11) is 0. The van der Waals surface area contributed by atoms with Crippen molar-refractivity contribution in [1.82, 2.24) is 5.32 Å². The first-order valence-corrected chi connectivity index (χ1v) is 6.65. The molecule has 2 unspecified atom stereocenters. The minimum atomic E-state index is -4.30. The summed E-state index contributed by atoms with van der Waals surface area (Å²) in [5, 5.41) is 3.30. The van der Waals surface area contributed by atoms with Crippen molar-refractivity contribution >= 4 is 5.90 Å². The molecule has 2 aliphatic heterocycles. The molecule has 108 valence electrons. The van der Waals surface area contributed by atoms with E-state index in [2.05, 4.69) is 10.3 Å². The number of nitrogens with one attached hydrogen (secondary N) is 1. The lowest BCUT2D eigenvalue weighted by Gasteiger charge is -2.15. The molecule has 1 aromatic rings. The third-order valence-corrected chi connectivity index (χ3v) is 3.64. The number of benzene rings is 1. The Bertz CT molecular complexity index is 504. The molecule has 0 radical (unpaired) electrons. The molecule has 1 N–H and O–H groups in total. The van der Waals surface area contributed by atoms with Crippen molar-refractivity contribution in [2.75, 3.05) is 13.1 Å². The first-order valence-electron chi connectivity index (χ1n) is 6.65. The van der Waals surface area contributed by atoms with Crippen molar-refractivity contribution in [2.45, 2.75) is 31.2 Å². The highest BCUT2D eigenvalue weighted by Crippen LogP contribution is 2.31. The van der Waals surface area contributed by atoms with Crippen molar-refractivity contribution in [1.29, 1.82) is 0 Å². The minimum Gasteiger partial charge on any atom is -0.470 e. The van der Waals surface area contributed by atoms with Gasteiger partial charge in [0.05, 0.1) is 18.2 Å². The van der Waals surface area contributed by atoms with E-state index in [0.717, 1.165) is 37.1 Å². The first-order chi connectivity index (χ1) is 9.54. The molecule has 1 fully saturated rings. The average molecular weight is 284 g/mol. The number of ether oxygens (including phenoxy) is 1. The highest BCUT2D eigenvalue weighted by molar-refractivity contribution is 5.83. The molecule has 2 aliphatic rings. The highest BCUT2D eigenvalue weighted by Gasteiger charge is 2.32. The van der Waals surface area contributed by atoms with Crippen LogP contribution in [0.5, 0.6) is 0 Å². The lowest BCUT2D eigenvalue weighted by molar-refractivity contribution is -0.137. The van der Waals surface area contributed by atoms with Crippen LogP contribution in [-0.2, 0) is 10.9 Å². The van der Waals surface area contributed by atoms with Crippen molar-refractivity contribution < 1.29 is 17.9 Å². The summed E-state index contributed by atoms with van der Waals surface area (Å²) in [5.74, 6) is 0.687. The number of hydrogen-bond donors (Lipinski definition) is 1. The molecule has 3 rings (SSSR count). The molecule has 20 heavy (non-hydrogen) atoms. The van der Waals surface area contributed by atoms with Gasteiger partial charge in [-0.15, -0.1) is 0 Å². The topological polar surface area (TPSA) is 33.6 Å².